The molecule has 0 aliphatic heterocycles. The van der Waals surface area contributed by atoms with Gasteiger partial charge in [-0.25, -0.2) is 4.98 Å². The summed E-state index contributed by atoms with van der Waals surface area (Å²) in [5.74, 6) is 0.361. The van der Waals surface area contributed by atoms with E-state index < -0.39 is 5.60 Å². The fourth-order valence-electron chi connectivity index (χ4n) is 2.11. The molecule has 1 aromatic heterocycles. The first kappa shape index (κ1) is 16.6. The molecule has 1 heterocycles. The molecule has 0 unspecified atom stereocenters. The van der Waals surface area contributed by atoms with Crippen LogP contribution in [0.4, 0.5) is 0 Å². The molecule has 0 aliphatic carbocycles. The molecule has 0 spiro atoms. The average Bonchev–Trinajstić information content (AvgIpc) is 2.74. The zero-order valence-electron chi connectivity index (χ0n) is 13.2. The van der Waals surface area contributed by atoms with E-state index in [1.165, 1.54) is 0 Å². The Morgan fingerprint density at radius 2 is 1.84 bits per heavy atom. The van der Waals surface area contributed by atoms with Crippen molar-refractivity contribution in [2.45, 2.75) is 59.5 Å². The summed E-state index contributed by atoms with van der Waals surface area (Å²) in [7, 11) is 0. The Hall–Kier alpha value is -0.450. The van der Waals surface area contributed by atoms with Crippen LogP contribution in [0.1, 0.15) is 63.0 Å². The number of hydrogen-bond acceptors (Lipinski definition) is 4. The van der Waals surface area contributed by atoms with Gasteiger partial charge in [-0.05, 0) is 32.9 Å². The molecule has 0 amide bonds. The first-order chi connectivity index (χ1) is 8.79. The second-order valence-corrected chi connectivity index (χ2v) is 6.90. The minimum atomic E-state index is -0.787. The highest BCUT2D eigenvalue weighted by Gasteiger charge is 2.26. The predicted molar refractivity (Wildman–Crippen MR) is 82.9 cm³/mol. The summed E-state index contributed by atoms with van der Waals surface area (Å²) in [4.78, 5) is 8.18. The van der Waals surface area contributed by atoms with E-state index in [4.69, 9.17) is 4.98 Å². The Balaban J connectivity index is 2.87. The van der Waals surface area contributed by atoms with Crippen molar-refractivity contribution in [3.63, 3.8) is 0 Å². The van der Waals surface area contributed by atoms with Gasteiger partial charge in [0.15, 0.2) is 0 Å². The number of thiazole rings is 1. The zero-order valence-corrected chi connectivity index (χ0v) is 14.0. The monoisotopic (exact) mass is 284 g/mol. The lowest BCUT2D eigenvalue weighted by molar-refractivity contribution is 0.0811. The van der Waals surface area contributed by atoms with Crippen LogP contribution in [-0.4, -0.2) is 34.6 Å². The molecule has 0 aromatic carbocycles. The minimum Gasteiger partial charge on any atom is -0.385 e. The van der Waals surface area contributed by atoms with E-state index in [-0.39, 0.29) is 0 Å². The molecule has 1 rings (SSSR count). The van der Waals surface area contributed by atoms with Crippen LogP contribution in [0.3, 0.4) is 0 Å². The van der Waals surface area contributed by atoms with Crippen LogP contribution in [0.15, 0.2) is 0 Å². The number of aromatic nitrogens is 1. The van der Waals surface area contributed by atoms with Crippen LogP contribution >= 0.6 is 11.3 Å². The average molecular weight is 284 g/mol. The van der Waals surface area contributed by atoms with Gasteiger partial charge in [-0.2, -0.15) is 0 Å². The summed E-state index contributed by atoms with van der Waals surface area (Å²) in [5, 5.41) is 11.4. The van der Waals surface area contributed by atoms with Crippen molar-refractivity contribution in [2.75, 3.05) is 19.6 Å². The van der Waals surface area contributed by atoms with E-state index in [1.807, 2.05) is 13.8 Å². The molecule has 0 radical (unpaired) electrons. The van der Waals surface area contributed by atoms with Crippen molar-refractivity contribution >= 4 is 11.3 Å². The van der Waals surface area contributed by atoms with Crippen molar-refractivity contribution in [2.24, 2.45) is 0 Å². The van der Waals surface area contributed by atoms with Crippen LogP contribution in [0.2, 0.25) is 0 Å². The van der Waals surface area contributed by atoms with Gasteiger partial charge in [-0.15, -0.1) is 11.3 Å². The summed E-state index contributed by atoms with van der Waals surface area (Å²) >= 11 is 1.67. The van der Waals surface area contributed by atoms with Gasteiger partial charge in [0.05, 0.1) is 21.2 Å². The van der Waals surface area contributed by atoms with Crippen LogP contribution in [0.25, 0.3) is 0 Å². The van der Waals surface area contributed by atoms with Gasteiger partial charge < -0.3 is 10.0 Å². The molecule has 19 heavy (non-hydrogen) atoms. The number of nitrogens with zero attached hydrogens (tertiary/aromatic N) is 2. The number of rotatable bonds is 7. The van der Waals surface area contributed by atoms with Crippen molar-refractivity contribution in [1.82, 2.24) is 9.88 Å². The van der Waals surface area contributed by atoms with Crippen LogP contribution in [0.5, 0.6) is 0 Å². The first-order valence-electron chi connectivity index (χ1n) is 7.24. The third kappa shape index (κ3) is 4.55. The highest BCUT2D eigenvalue weighted by atomic mass is 32.1. The molecule has 3 nitrogen and oxygen atoms in total. The van der Waals surface area contributed by atoms with Crippen molar-refractivity contribution in [3.8, 4) is 0 Å². The SMILES string of the molecule is CCN(CC)CCc1nc(C(C)C)c(C(C)(C)O)s1. The molecular formula is C15H28N2OS. The van der Waals surface area contributed by atoms with E-state index in [0.717, 1.165) is 41.6 Å². The summed E-state index contributed by atoms with van der Waals surface area (Å²) in [6, 6.07) is 0. The second-order valence-electron chi connectivity index (χ2n) is 5.81. The highest BCUT2D eigenvalue weighted by molar-refractivity contribution is 7.11. The molecule has 1 aromatic rings. The maximum Gasteiger partial charge on any atom is 0.0951 e. The smallest absolute Gasteiger partial charge is 0.0951 e. The van der Waals surface area contributed by atoms with E-state index in [0.29, 0.717) is 5.92 Å². The summed E-state index contributed by atoms with van der Waals surface area (Å²) in [6.07, 6.45) is 0.974. The van der Waals surface area contributed by atoms with Crippen molar-refractivity contribution in [3.05, 3.63) is 15.6 Å². The topological polar surface area (TPSA) is 36.4 Å². The molecule has 0 fully saturated rings. The Labute approximate surface area is 121 Å². The van der Waals surface area contributed by atoms with Crippen molar-refractivity contribution < 1.29 is 5.11 Å². The summed E-state index contributed by atoms with van der Waals surface area (Å²) in [5.41, 5.74) is 0.275. The maximum absolute atomic E-state index is 10.3. The van der Waals surface area contributed by atoms with E-state index >= 15 is 0 Å². The second kappa shape index (κ2) is 6.82. The van der Waals surface area contributed by atoms with Gasteiger partial charge in [0.2, 0.25) is 0 Å². The van der Waals surface area contributed by atoms with Crippen LogP contribution in [0, 0.1) is 0 Å². The first-order valence-corrected chi connectivity index (χ1v) is 8.06. The third-order valence-corrected chi connectivity index (χ3v) is 4.78. The predicted octanol–water partition coefficient (Wildman–Crippen LogP) is 3.38. The lowest BCUT2D eigenvalue weighted by Gasteiger charge is -2.18. The van der Waals surface area contributed by atoms with E-state index in [1.54, 1.807) is 11.3 Å². The Morgan fingerprint density at radius 3 is 2.21 bits per heavy atom. The lowest BCUT2D eigenvalue weighted by atomic mass is 10.0. The van der Waals surface area contributed by atoms with Crippen LogP contribution in [-0.2, 0) is 12.0 Å². The molecule has 0 bridgehead atoms. The van der Waals surface area contributed by atoms with Gasteiger partial charge in [0.25, 0.3) is 0 Å². The molecule has 0 saturated carbocycles. The highest BCUT2D eigenvalue weighted by Crippen LogP contribution is 2.34. The van der Waals surface area contributed by atoms with Gasteiger partial charge in [0.1, 0.15) is 0 Å². The zero-order chi connectivity index (χ0) is 14.6. The molecule has 4 heteroatoms. The van der Waals surface area contributed by atoms with Crippen molar-refractivity contribution in [1.29, 1.82) is 0 Å². The molecular weight excluding hydrogens is 256 g/mol. The Kier molecular flexibility index (Phi) is 5.96. The van der Waals surface area contributed by atoms with E-state index in [2.05, 4.69) is 32.6 Å². The largest absolute Gasteiger partial charge is 0.385 e. The Bertz CT molecular complexity index is 389. The van der Waals surface area contributed by atoms with Gasteiger partial charge >= 0.3 is 0 Å². The fraction of sp³-hybridized carbons (Fsp3) is 0.800. The van der Waals surface area contributed by atoms with Gasteiger partial charge in [-0.1, -0.05) is 27.7 Å². The standard InChI is InChI=1S/C15H28N2OS/c1-7-17(8-2)10-9-12-16-13(11(3)4)14(19-12)15(5,6)18/h11,18H,7-10H2,1-6H3. The molecule has 1 N–H and O–H groups in total. The van der Waals surface area contributed by atoms with Gasteiger partial charge in [-0.3, -0.25) is 0 Å². The minimum absolute atomic E-state index is 0.361. The molecule has 0 aliphatic rings. The number of hydrogen-bond donors (Lipinski definition) is 1. The third-order valence-electron chi connectivity index (χ3n) is 3.34. The molecule has 110 valence electrons. The number of aliphatic hydroxyl groups is 1. The fourth-order valence-corrected chi connectivity index (χ4v) is 3.32. The van der Waals surface area contributed by atoms with Crippen LogP contribution < -0.4 is 0 Å². The summed E-state index contributed by atoms with van der Waals surface area (Å²) < 4.78 is 0. The molecule has 0 saturated heterocycles. The van der Waals surface area contributed by atoms with E-state index in [9.17, 15) is 5.11 Å². The normalized spacial score (nSPS) is 12.7. The lowest BCUT2D eigenvalue weighted by Crippen LogP contribution is -2.25. The summed E-state index contributed by atoms with van der Waals surface area (Å²) in [6.45, 7) is 15.6. The molecule has 0 atom stereocenters. The quantitative estimate of drug-likeness (QED) is 0.834. The maximum atomic E-state index is 10.3. The number of likely N-dealkylation sites (N-methyl/N-ethyl adjacent to an activating group) is 1. The Morgan fingerprint density at radius 1 is 1.26 bits per heavy atom. The van der Waals surface area contributed by atoms with Gasteiger partial charge in [0, 0.05) is 13.0 Å².